The highest BCUT2D eigenvalue weighted by atomic mass is 127. The van der Waals surface area contributed by atoms with Gasteiger partial charge in [0.15, 0.2) is 18.5 Å². The fourth-order valence-electron chi connectivity index (χ4n) is 2.67. The second kappa shape index (κ2) is 12.4. The molecule has 1 fully saturated rings. The molecule has 31 heavy (non-hydrogen) atoms. The summed E-state index contributed by atoms with van der Waals surface area (Å²) in [4.78, 5) is 34.7. The lowest BCUT2D eigenvalue weighted by molar-refractivity contribution is -0.265. The summed E-state index contributed by atoms with van der Waals surface area (Å²) in [6, 6.07) is 0. The van der Waals surface area contributed by atoms with E-state index >= 15 is 0 Å². The summed E-state index contributed by atoms with van der Waals surface area (Å²) in [5.74, 6) is 3.94. The Kier molecular flexibility index (Phi) is 11.0. The SMILES string of the molecule is C#CC[C@H](C#C[Si](C)(C)C)O[C@H]1O[C@H](COC(C)=O)[C@@H](OC(C)=O)[C@H](OC(C)=O)[C@@H]1I. The molecule has 0 bridgehead atoms. The van der Waals surface area contributed by atoms with E-state index in [-0.39, 0.29) is 13.0 Å². The zero-order chi connectivity index (χ0) is 23.8. The van der Waals surface area contributed by atoms with Crippen LogP contribution in [0.1, 0.15) is 27.2 Å². The van der Waals surface area contributed by atoms with Gasteiger partial charge in [0.05, 0.1) is 0 Å². The minimum absolute atomic E-state index is 0.214. The van der Waals surface area contributed by atoms with Crippen LogP contribution in [-0.2, 0) is 38.1 Å². The van der Waals surface area contributed by atoms with E-state index in [1.165, 1.54) is 20.8 Å². The molecule has 1 heterocycles. The summed E-state index contributed by atoms with van der Waals surface area (Å²) in [5, 5.41) is 0. The quantitative estimate of drug-likeness (QED) is 0.116. The summed E-state index contributed by atoms with van der Waals surface area (Å²) >= 11 is 2.02. The highest BCUT2D eigenvalue weighted by Crippen LogP contribution is 2.33. The van der Waals surface area contributed by atoms with Crippen molar-refractivity contribution in [2.45, 2.75) is 81.5 Å². The van der Waals surface area contributed by atoms with Crippen LogP contribution in [0, 0.1) is 23.8 Å². The van der Waals surface area contributed by atoms with Crippen LogP contribution in [0.3, 0.4) is 0 Å². The third kappa shape index (κ3) is 10.0. The molecule has 0 amide bonds. The first-order chi connectivity index (χ1) is 14.3. The predicted octanol–water partition coefficient (Wildman–Crippen LogP) is 2.23. The summed E-state index contributed by atoms with van der Waals surface area (Å²) in [7, 11) is -1.67. The molecule has 0 unspecified atom stereocenters. The molecule has 1 rings (SSSR count). The van der Waals surface area contributed by atoms with Crippen molar-refractivity contribution >= 4 is 48.6 Å². The van der Waals surface area contributed by atoms with Crippen molar-refractivity contribution in [1.82, 2.24) is 0 Å². The molecule has 1 saturated heterocycles. The van der Waals surface area contributed by atoms with E-state index in [1.54, 1.807) is 0 Å². The van der Waals surface area contributed by atoms with Crippen molar-refractivity contribution in [1.29, 1.82) is 0 Å². The number of hydrogen-bond acceptors (Lipinski definition) is 8. The number of hydrogen-bond donors (Lipinski definition) is 0. The molecule has 8 nitrogen and oxygen atoms in total. The fourth-order valence-corrected chi connectivity index (χ4v) is 4.16. The lowest BCUT2D eigenvalue weighted by Gasteiger charge is -2.43. The molecule has 0 aromatic heterocycles. The van der Waals surface area contributed by atoms with Crippen LogP contribution < -0.4 is 0 Å². The molecule has 0 aliphatic carbocycles. The maximum Gasteiger partial charge on any atom is 0.303 e. The first kappa shape index (κ1) is 27.4. The molecule has 172 valence electrons. The van der Waals surface area contributed by atoms with Gasteiger partial charge in [0, 0.05) is 27.2 Å². The zero-order valence-electron chi connectivity index (χ0n) is 18.6. The number of esters is 3. The minimum Gasteiger partial charge on any atom is -0.463 e. The molecule has 1 aliphatic heterocycles. The van der Waals surface area contributed by atoms with Gasteiger partial charge in [-0.3, -0.25) is 14.4 Å². The Bertz CT molecular complexity index is 760. The first-order valence-electron chi connectivity index (χ1n) is 9.73. The number of carbonyl (C=O) groups is 3. The Hall–Kier alpha value is -1.60. The monoisotopic (exact) mass is 564 g/mol. The van der Waals surface area contributed by atoms with Gasteiger partial charge in [-0.2, -0.15) is 0 Å². The van der Waals surface area contributed by atoms with Crippen LogP contribution in [0.25, 0.3) is 0 Å². The van der Waals surface area contributed by atoms with Gasteiger partial charge >= 0.3 is 17.9 Å². The zero-order valence-corrected chi connectivity index (χ0v) is 21.8. The number of halogens is 1. The molecule has 0 N–H and O–H groups in total. The molecule has 0 aromatic carbocycles. The van der Waals surface area contributed by atoms with Crippen LogP contribution in [0.4, 0.5) is 0 Å². The van der Waals surface area contributed by atoms with Crippen LogP contribution in [0.2, 0.25) is 19.6 Å². The molecule has 0 saturated carbocycles. The van der Waals surface area contributed by atoms with Crippen molar-refractivity contribution in [3.8, 4) is 23.8 Å². The maximum atomic E-state index is 11.7. The molecule has 10 heteroatoms. The van der Waals surface area contributed by atoms with Crippen LogP contribution in [0.5, 0.6) is 0 Å². The number of ether oxygens (including phenoxy) is 5. The minimum atomic E-state index is -1.67. The van der Waals surface area contributed by atoms with Crippen molar-refractivity contribution in [2.75, 3.05) is 6.61 Å². The molecular formula is C21H29IO8Si. The van der Waals surface area contributed by atoms with Crippen LogP contribution >= 0.6 is 22.6 Å². The van der Waals surface area contributed by atoms with Crippen molar-refractivity contribution in [3.05, 3.63) is 0 Å². The van der Waals surface area contributed by atoms with E-state index in [2.05, 4.69) is 37.0 Å². The largest absolute Gasteiger partial charge is 0.463 e. The van der Waals surface area contributed by atoms with Gasteiger partial charge in [0.25, 0.3) is 0 Å². The summed E-state index contributed by atoms with van der Waals surface area (Å²) in [6.45, 7) is 9.81. The van der Waals surface area contributed by atoms with E-state index in [0.29, 0.717) is 0 Å². The van der Waals surface area contributed by atoms with Gasteiger partial charge in [-0.25, -0.2) is 0 Å². The molecule has 0 spiro atoms. The van der Waals surface area contributed by atoms with Gasteiger partial charge in [0.2, 0.25) is 0 Å². The van der Waals surface area contributed by atoms with E-state index in [0.717, 1.165) is 0 Å². The Balaban J connectivity index is 3.22. The van der Waals surface area contributed by atoms with Crippen molar-refractivity contribution < 1.29 is 38.1 Å². The van der Waals surface area contributed by atoms with Crippen molar-refractivity contribution in [3.63, 3.8) is 0 Å². The van der Waals surface area contributed by atoms with E-state index in [9.17, 15) is 14.4 Å². The van der Waals surface area contributed by atoms with Gasteiger partial charge < -0.3 is 23.7 Å². The Morgan fingerprint density at radius 3 is 2.13 bits per heavy atom. The second-order valence-corrected chi connectivity index (χ2v) is 14.2. The lowest BCUT2D eigenvalue weighted by Crippen LogP contribution is -2.60. The second-order valence-electron chi connectivity index (χ2n) is 7.99. The topological polar surface area (TPSA) is 97.4 Å². The third-order valence-corrected chi connectivity index (χ3v) is 6.03. The molecule has 6 atom stereocenters. The number of terminal acetylenes is 1. The first-order valence-corrected chi connectivity index (χ1v) is 14.5. The van der Waals surface area contributed by atoms with E-state index < -0.39 is 60.6 Å². The van der Waals surface area contributed by atoms with E-state index in [4.69, 9.17) is 30.1 Å². The summed E-state index contributed by atoms with van der Waals surface area (Å²) in [5.41, 5.74) is 3.23. The van der Waals surface area contributed by atoms with Gasteiger partial charge in [0.1, 0.15) is 30.8 Å². The lowest BCUT2D eigenvalue weighted by atomic mass is 10.0. The van der Waals surface area contributed by atoms with Crippen LogP contribution in [0.15, 0.2) is 0 Å². The average Bonchev–Trinajstić information content (AvgIpc) is 2.62. The number of rotatable bonds is 7. The summed E-state index contributed by atoms with van der Waals surface area (Å²) in [6.07, 6.45) is 1.43. The molecular weight excluding hydrogens is 535 g/mol. The van der Waals surface area contributed by atoms with Gasteiger partial charge in [-0.15, -0.1) is 17.9 Å². The normalized spacial score (nSPS) is 26.5. The van der Waals surface area contributed by atoms with Crippen LogP contribution in [-0.4, -0.2) is 67.2 Å². The third-order valence-electron chi connectivity index (χ3n) is 3.84. The smallest absolute Gasteiger partial charge is 0.303 e. The number of carbonyl (C=O) groups excluding carboxylic acids is 3. The standard InChI is InChI=1S/C21H29IO8Si/c1-8-9-16(10-11-31(5,6)7)29-21-18(22)20(28-15(4)25)19(27-14(3)24)17(30-21)12-26-13(2)23/h1,16-21H,9,12H2,2-7H3/t16-,17-,18+,19-,20-,21+/m1/s1. The highest BCUT2D eigenvalue weighted by Gasteiger charge is 2.50. The van der Waals surface area contributed by atoms with Gasteiger partial charge in [-0.1, -0.05) is 48.2 Å². The average molecular weight is 564 g/mol. The maximum absolute atomic E-state index is 11.7. The number of alkyl halides is 1. The molecule has 1 aliphatic rings. The Labute approximate surface area is 198 Å². The van der Waals surface area contributed by atoms with E-state index in [1.807, 2.05) is 22.6 Å². The summed E-state index contributed by atoms with van der Waals surface area (Å²) < 4.78 is 27.4. The van der Waals surface area contributed by atoms with Crippen molar-refractivity contribution in [2.24, 2.45) is 0 Å². The Morgan fingerprint density at radius 2 is 1.65 bits per heavy atom. The fraction of sp³-hybridized carbons (Fsp3) is 0.667. The Morgan fingerprint density at radius 1 is 1.06 bits per heavy atom. The van der Waals surface area contributed by atoms with Gasteiger partial charge in [-0.05, 0) is 0 Å². The predicted molar refractivity (Wildman–Crippen MR) is 124 cm³/mol. The molecule has 0 radical (unpaired) electrons. The molecule has 0 aromatic rings. The highest BCUT2D eigenvalue weighted by molar-refractivity contribution is 14.1.